The van der Waals surface area contributed by atoms with E-state index in [1.54, 1.807) is 0 Å². The summed E-state index contributed by atoms with van der Waals surface area (Å²) in [6.45, 7) is 4.38. The van der Waals surface area contributed by atoms with Crippen molar-refractivity contribution in [3.8, 4) is 0 Å². The molecule has 1 heterocycles. The molecule has 1 saturated heterocycles. The van der Waals surface area contributed by atoms with Crippen LogP contribution >= 0.6 is 0 Å². The van der Waals surface area contributed by atoms with Gasteiger partial charge in [-0.25, -0.2) is 0 Å². The molecule has 0 radical (unpaired) electrons. The fourth-order valence-electron chi connectivity index (χ4n) is 1.91. The first-order chi connectivity index (χ1) is 5.63. The first kappa shape index (κ1) is 10.0. The number of hydrogen-bond donors (Lipinski definition) is 0. The van der Waals surface area contributed by atoms with Crippen molar-refractivity contribution >= 4 is 0 Å². The van der Waals surface area contributed by atoms with Crippen molar-refractivity contribution in [1.82, 2.24) is 4.90 Å². The van der Waals surface area contributed by atoms with Gasteiger partial charge >= 0.3 is 0 Å². The molecule has 1 aliphatic heterocycles. The Labute approximate surface area is 75.9 Å². The van der Waals surface area contributed by atoms with Crippen LogP contribution in [0.3, 0.4) is 0 Å². The Morgan fingerprint density at radius 1 is 1.33 bits per heavy atom. The lowest BCUT2D eigenvalue weighted by Gasteiger charge is -2.36. The molecule has 2 nitrogen and oxygen atoms in total. The Morgan fingerprint density at radius 3 is 2.50 bits per heavy atom. The Hall–Kier alpha value is -0.0800. The lowest BCUT2D eigenvalue weighted by molar-refractivity contribution is -0.0679. The molecule has 0 saturated carbocycles. The molecule has 1 fully saturated rings. The van der Waals surface area contributed by atoms with Crippen molar-refractivity contribution in [3.05, 3.63) is 0 Å². The summed E-state index contributed by atoms with van der Waals surface area (Å²) in [5.74, 6) is 0. The van der Waals surface area contributed by atoms with Crippen LogP contribution in [0.15, 0.2) is 0 Å². The molecule has 1 rings (SSSR count). The molecule has 0 N–H and O–H groups in total. The van der Waals surface area contributed by atoms with Crippen LogP contribution < -0.4 is 0 Å². The van der Waals surface area contributed by atoms with Gasteiger partial charge in [0.25, 0.3) is 0 Å². The van der Waals surface area contributed by atoms with Crippen molar-refractivity contribution in [2.45, 2.75) is 51.4 Å². The van der Waals surface area contributed by atoms with E-state index in [1.165, 1.54) is 12.8 Å². The van der Waals surface area contributed by atoms with Crippen LogP contribution in [-0.2, 0) is 4.74 Å². The highest BCUT2D eigenvalue weighted by molar-refractivity contribution is 4.79. The van der Waals surface area contributed by atoms with Crippen LogP contribution in [0.2, 0.25) is 0 Å². The fourth-order valence-corrected chi connectivity index (χ4v) is 1.91. The Morgan fingerprint density at radius 2 is 2.00 bits per heavy atom. The maximum atomic E-state index is 5.79. The number of ether oxygens (including phenoxy) is 1. The lowest BCUT2D eigenvalue weighted by Crippen LogP contribution is -2.41. The zero-order valence-electron chi connectivity index (χ0n) is 8.71. The average Bonchev–Trinajstić information content (AvgIpc) is 2.03. The first-order valence-corrected chi connectivity index (χ1v) is 4.95. The van der Waals surface area contributed by atoms with Gasteiger partial charge in [-0.2, -0.15) is 0 Å². The highest BCUT2D eigenvalue weighted by Crippen LogP contribution is 2.23. The molecule has 12 heavy (non-hydrogen) atoms. The molecule has 1 aliphatic rings. The van der Waals surface area contributed by atoms with E-state index in [1.807, 2.05) is 0 Å². The van der Waals surface area contributed by atoms with E-state index in [0.29, 0.717) is 12.2 Å². The van der Waals surface area contributed by atoms with Crippen LogP contribution in [-0.4, -0.2) is 37.2 Å². The number of hydrogen-bond acceptors (Lipinski definition) is 2. The average molecular weight is 171 g/mol. The molecule has 72 valence electrons. The summed E-state index contributed by atoms with van der Waals surface area (Å²) < 4.78 is 5.79. The summed E-state index contributed by atoms with van der Waals surface area (Å²) >= 11 is 0. The van der Waals surface area contributed by atoms with Crippen LogP contribution in [0.1, 0.15) is 33.1 Å². The Balaban J connectivity index is 2.45. The van der Waals surface area contributed by atoms with E-state index in [2.05, 4.69) is 32.8 Å². The van der Waals surface area contributed by atoms with Crippen LogP contribution in [0.4, 0.5) is 0 Å². The van der Waals surface area contributed by atoms with Crippen molar-refractivity contribution in [3.63, 3.8) is 0 Å². The first-order valence-electron chi connectivity index (χ1n) is 4.95. The standard InChI is InChI=1S/C10H21NO/c1-5-10-7-9(11(3)4)6-8(2)12-10/h8-10H,5-7H2,1-4H3. The zero-order chi connectivity index (χ0) is 9.14. The molecular weight excluding hydrogens is 150 g/mol. The number of nitrogens with zero attached hydrogens (tertiary/aromatic N) is 1. The van der Waals surface area contributed by atoms with Crippen LogP contribution in [0.5, 0.6) is 0 Å². The highest BCUT2D eigenvalue weighted by Gasteiger charge is 2.26. The van der Waals surface area contributed by atoms with Gasteiger partial charge in [0.15, 0.2) is 0 Å². The van der Waals surface area contributed by atoms with Crippen LogP contribution in [0.25, 0.3) is 0 Å². The highest BCUT2D eigenvalue weighted by atomic mass is 16.5. The van der Waals surface area contributed by atoms with Gasteiger partial charge < -0.3 is 9.64 Å². The molecule has 0 aromatic rings. The molecule has 0 spiro atoms. The second-order valence-electron chi connectivity index (χ2n) is 4.07. The molecule has 2 heteroatoms. The van der Waals surface area contributed by atoms with Crippen molar-refractivity contribution in [2.75, 3.05) is 14.1 Å². The van der Waals surface area contributed by atoms with E-state index < -0.39 is 0 Å². The summed E-state index contributed by atoms with van der Waals surface area (Å²) in [6.07, 6.45) is 4.46. The topological polar surface area (TPSA) is 12.5 Å². The van der Waals surface area contributed by atoms with Crippen molar-refractivity contribution in [1.29, 1.82) is 0 Å². The maximum absolute atomic E-state index is 5.79. The third-order valence-electron chi connectivity index (χ3n) is 2.75. The summed E-state index contributed by atoms with van der Waals surface area (Å²) in [6, 6.07) is 0.721. The molecule has 0 aliphatic carbocycles. The predicted octanol–water partition coefficient (Wildman–Crippen LogP) is 1.89. The largest absolute Gasteiger partial charge is 0.375 e. The van der Waals surface area contributed by atoms with Crippen LogP contribution in [0, 0.1) is 0 Å². The summed E-state index contributed by atoms with van der Waals surface area (Å²) in [7, 11) is 4.32. The molecule has 3 atom stereocenters. The second-order valence-corrected chi connectivity index (χ2v) is 4.07. The van der Waals surface area contributed by atoms with Gasteiger partial charge in [-0.3, -0.25) is 0 Å². The molecule has 0 bridgehead atoms. The smallest absolute Gasteiger partial charge is 0.0591 e. The van der Waals surface area contributed by atoms with E-state index in [-0.39, 0.29) is 0 Å². The van der Waals surface area contributed by atoms with Gasteiger partial charge in [0, 0.05) is 6.04 Å². The van der Waals surface area contributed by atoms with Gasteiger partial charge in [-0.05, 0) is 40.3 Å². The third kappa shape index (κ3) is 2.46. The monoisotopic (exact) mass is 171 g/mol. The van der Waals surface area contributed by atoms with Gasteiger partial charge in [0.2, 0.25) is 0 Å². The molecule has 0 aromatic carbocycles. The number of rotatable bonds is 2. The molecule has 3 unspecified atom stereocenters. The summed E-state index contributed by atoms with van der Waals surface area (Å²) in [5, 5.41) is 0. The normalized spacial score (nSPS) is 37.2. The molecule has 0 aromatic heterocycles. The van der Waals surface area contributed by atoms with Gasteiger partial charge in [-0.15, -0.1) is 0 Å². The molecular formula is C10H21NO. The van der Waals surface area contributed by atoms with E-state index in [9.17, 15) is 0 Å². The Kier molecular flexibility index (Phi) is 3.53. The predicted molar refractivity (Wildman–Crippen MR) is 51.3 cm³/mol. The van der Waals surface area contributed by atoms with Gasteiger partial charge in [0.05, 0.1) is 12.2 Å². The van der Waals surface area contributed by atoms with Crippen molar-refractivity contribution in [2.24, 2.45) is 0 Å². The van der Waals surface area contributed by atoms with Gasteiger partial charge in [-0.1, -0.05) is 6.92 Å². The van der Waals surface area contributed by atoms with Gasteiger partial charge in [0.1, 0.15) is 0 Å². The maximum Gasteiger partial charge on any atom is 0.0591 e. The SMILES string of the molecule is CCC1CC(N(C)C)CC(C)O1. The second kappa shape index (κ2) is 4.24. The third-order valence-corrected chi connectivity index (χ3v) is 2.75. The quantitative estimate of drug-likeness (QED) is 0.629. The van der Waals surface area contributed by atoms with Crippen molar-refractivity contribution < 1.29 is 4.74 Å². The summed E-state index contributed by atoms with van der Waals surface area (Å²) in [5.41, 5.74) is 0. The minimum Gasteiger partial charge on any atom is -0.375 e. The minimum absolute atomic E-state index is 0.441. The van der Waals surface area contributed by atoms with E-state index in [0.717, 1.165) is 12.5 Å². The summed E-state index contributed by atoms with van der Waals surface area (Å²) in [4.78, 5) is 2.32. The van der Waals surface area contributed by atoms with E-state index >= 15 is 0 Å². The van der Waals surface area contributed by atoms with E-state index in [4.69, 9.17) is 4.74 Å². The lowest BCUT2D eigenvalue weighted by atomic mass is 9.97. The molecule has 0 amide bonds. The Bertz CT molecular complexity index is 136. The zero-order valence-corrected chi connectivity index (χ0v) is 8.71. The minimum atomic E-state index is 0.441. The fraction of sp³-hybridized carbons (Fsp3) is 1.00.